The highest BCUT2D eigenvalue weighted by atomic mass is 35.5. The van der Waals surface area contributed by atoms with Gasteiger partial charge in [0.15, 0.2) is 5.82 Å². The summed E-state index contributed by atoms with van der Waals surface area (Å²) in [5.41, 5.74) is 1.36. The van der Waals surface area contributed by atoms with Gasteiger partial charge in [-0.15, -0.1) is 5.10 Å². The molecule has 1 aliphatic rings. The maximum Gasteiger partial charge on any atom is 0.350 e. The lowest BCUT2D eigenvalue weighted by atomic mass is 10.2. The molecule has 0 spiro atoms. The molecular weight excluding hydrogens is 383 g/mol. The first-order chi connectivity index (χ1) is 12.8. The highest BCUT2D eigenvalue weighted by Gasteiger charge is 2.17. The molecule has 27 heavy (non-hydrogen) atoms. The lowest BCUT2D eigenvalue weighted by Gasteiger charge is -2.05. The van der Waals surface area contributed by atoms with Crippen LogP contribution in [0, 0.1) is 5.92 Å². The second kappa shape index (κ2) is 9.72. The zero-order valence-electron chi connectivity index (χ0n) is 16.0. The summed E-state index contributed by atoms with van der Waals surface area (Å²) in [6.07, 6.45) is 13.1. The molecule has 5 nitrogen and oxygen atoms in total. The van der Waals surface area contributed by atoms with Gasteiger partial charge in [0.25, 0.3) is 0 Å². The molecule has 1 heterocycles. The summed E-state index contributed by atoms with van der Waals surface area (Å²) >= 11 is 11.9. The third-order valence-corrected chi connectivity index (χ3v) is 4.07. The van der Waals surface area contributed by atoms with E-state index in [4.69, 9.17) is 23.2 Å². The van der Waals surface area contributed by atoms with Crippen molar-refractivity contribution in [3.63, 3.8) is 0 Å². The molecule has 0 N–H and O–H groups in total. The van der Waals surface area contributed by atoms with Crippen molar-refractivity contribution in [2.45, 2.75) is 40.7 Å². The van der Waals surface area contributed by atoms with Crippen molar-refractivity contribution in [1.82, 2.24) is 14.3 Å². The van der Waals surface area contributed by atoms with Crippen LogP contribution in [-0.4, -0.2) is 20.6 Å². The second-order valence-corrected chi connectivity index (χ2v) is 7.77. The Kier molecular flexibility index (Phi) is 7.63. The molecule has 0 unspecified atom stereocenters. The lowest BCUT2D eigenvalue weighted by molar-refractivity contribution is 0.469. The van der Waals surface area contributed by atoms with Gasteiger partial charge >= 0.3 is 5.69 Å². The number of aliphatic imine (C=N–C) groups is 1. The maximum absolute atomic E-state index is 13.0. The first kappa shape index (κ1) is 21.2. The van der Waals surface area contributed by atoms with Crippen molar-refractivity contribution in [1.29, 1.82) is 0 Å². The number of hydrogen-bond acceptors (Lipinski definition) is 3. The third kappa shape index (κ3) is 5.94. The Bertz CT molecular complexity index is 920. The Morgan fingerprint density at radius 2 is 2.11 bits per heavy atom. The van der Waals surface area contributed by atoms with Gasteiger partial charge in [0.05, 0.1) is 5.70 Å². The second-order valence-electron chi connectivity index (χ2n) is 6.69. The average Bonchev–Trinajstić information content (AvgIpc) is 2.76. The quantitative estimate of drug-likeness (QED) is 0.609. The predicted molar refractivity (Wildman–Crippen MR) is 115 cm³/mol. The van der Waals surface area contributed by atoms with Gasteiger partial charge < -0.3 is 0 Å². The minimum absolute atomic E-state index is 0.179. The van der Waals surface area contributed by atoms with E-state index in [1.54, 1.807) is 36.1 Å². The van der Waals surface area contributed by atoms with Crippen molar-refractivity contribution in [3.8, 4) is 0 Å². The van der Waals surface area contributed by atoms with Gasteiger partial charge in [0, 0.05) is 35.4 Å². The average molecular weight is 407 g/mol. The number of hydrogen-bond donors (Lipinski definition) is 0. The molecule has 7 heteroatoms. The Balaban J connectivity index is 2.55. The topological polar surface area (TPSA) is 52.2 Å². The standard InChI is InChI=1S/C20H24Cl2N4O/c1-14(2)13-25-20(27)26(18-7-5-6-17(22)8-9-18)19(24-25)15(3)10-11-23-12-16(4)21/h5,7-12,14H,6,13H2,1-4H3/b15-10+,16-12+,23-11+. The van der Waals surface area contributed by atoms with E-state index in [1.165, 1.54) is 4.68 Å². The molecule has 0 aromatic carbocycles. The van der Waals surface area contributed by atoms with E-state index in [9.17, 15) is 4.79 Å². The smallest absolute Gasteiger partial charge is 0.264 e. The van der Waals surface area contributed by atoms with E-state index in [1.807, 2.05) is 25.2 Å². The zero-order chi connectivity index (χ0) is 20.0. The lowest BCUT2D eigenvalue weighted by Crippen LogP contribution is -2.26. The first-order valence-electron chi connectivity index (χ1n) is 8.75. The van der Waals surface area contributed by atoms with Gasteiger partial charge in [-0.1, -0.05) is 43.1 Å². The number of allylic oxidation sites excluding steroid dienone is 9. The number of rotatable bonds is 6. The van der Waals surface area contributed by atoms with E-state index in [0.717, 1.165) is 11.3 Å². The van der Waals surface area contributed by atoms with Gasteiger partial charge in [-0.25, -0.2) is 14.0 Å². The van der Waals surface area contributed by atoms with Crippen LogP contribution in [0.1, 0.15) is 39.9 Å². The number of nitrogens with zero attached hydrogens (tertiary/aromatic N) is 4. The summed E-state index contributed by atoms with van der Waals surface area (Å²) in [6.45, 7) is 8.29. The molecule has 0 aliphatic heterocycles. The number of halogens is 2. The molecule has 0 radical (unpaired) electrons. The van der Waals surface area contributed by atoms with Crippen LogP contribution < -0.4 is 5.69 Å². The van der Waals surface area contributed by atoms with Gasteiger partial charge in [0.2, 0.25) is 0 Å². The maximum atomic E-state index is 13.0. The van der Waals surface area contributed by atoms with Crippen LogP contribution >= 0.6 is 23.2 Å². The van der Waals surface area contributed by atoms with Crippen molar-refractivity contribution < 1.29 is 0 Å². The first-order valence-corrected chi connectivity index (χ1v) is 9.51. The Morgan fingerprint density at radius 3 is 2.78 bits per heavy atom. The summed E-state index contributed by atoms with van der Waals surface area (Å²) in [5, 5.41) is 5.86. The van der Waals surface area contributed by atoms with Crippen LogP contribution in [0.2, 0.25) is 0 Å². The van der Waals surface area contributed by atoms with E-state index in [0.29, 0.717) is 34.8 Å². The van der Waals surface area contributed by atoms with Crippen LogP contribution in [0.5, 0.6) is 0 Å². The molecule has 1 aromatic rings. The van der Waals surface area contributed by atoms with Crippen LogP contribution in [-0.2, 0) is 6.54 Å². The Hall–Kier alpha value is -2.11. The molecule has 2 rings (SSSR count). The van der Waals surface area contributed by atoms with E-state index in [-0.39, 0.29) is 5.69 Å². The van der Waals surface area contributed by atoms with E-state index < -0.39 is 0 Å². The number of aromatic nitrogens is 3. The normalized spacial score (nSPS) is 16.1. The molecule has 0 saturated carbocycles. The molecule has 0 amide bonds. The molecule has 0 saturated heterocycles. The monoisotopic (exact) mass is 406 g/mol. The van der Waals surface area contributed by atoms with E-state index >= 15 is 0 Å². The SMILES string of the molecule is C\C(Cl)=C/N=C/C=C(\C)c1nn(CC(C)C)c(=O)n1C1=CC=C(Cl)CC=C1. The van der Waals surface area contributed by atoms with Gasteiger partial charge in [-0.05, 0) is 49.6 Å². The Labute approximate surface area is 169 Å². The molecule has 144 valence electrons. The summed E-state index contributed by atoms with van der Waals surface area (Å²) in [7, 11) is 0. The molecule has 0 fully saturated rings. The minimum Gasteiger partial charge on any atom is -0.264 e. The molecule has 1 aromatic heterocycles. The van der Waals surface area contributed by atoms with Crippen molar-refractivity contribution in [3.05, 3.63) is 63.0 Å². The molecular formula is C20H24Cl2N4O. The summed E-state index contributed by atoms with van der Waals surface area (Å²) in [5.74, 6) is 0.871. The van der Waals surface area contributed by atoms with Crippen molar-refractivity contribution in [2.75, 3.05) is 0 Å². The fourth-order valence-electron chi connectivity index (χ4n) is 2.48. The van der Waals surface area contributed by atoms with Crippen molar-refractivity contribution >= 4 is 40.7 Å². The Morgan fingerprint density at radius 1 is 1.37 bits per heavy atom. The zero-order valence-corrected chi connectivity index (χ0v) is 17.5. The molecule has 0 atom stereocenters. The van der Waals surface area contributed by atoms with Crippen LogP contribution in [0.25, 0.3) is 11.3 Å². The highest BCUT2D eigenvalue weighted by molar-refractivity contribution is 6.30. The summed E-state index contributed by atoms with van der Waals surface area (Å²) < 4.78 is 3.11. The van der Waals surface area contributed by atoms with Gasteiger partial charge in [0.1, 0.15) is 0 Å². The van der Waals surface area contributed by atoms with E-state index in [2.05, 4.69) is 23.9 Å². The minimum atomic E-state index is -0.179. The van der Waals surface area contributed by atoms with Crippen LogP contribution in [0.4, 0.5) is 0 Å². The third-order valence-electron chi connectivity index (χ3n) is 3.69. The summed E-state index contributed by atoms with van der Waals surface area (Å²) in [6, 6.07) is 0. The predicted octanol–water partition coefficient (Wildman–Crippen LogP) is 5.20. The largest absolute Gasteiger partial charge is 0.350 e. The fraction of sp³-hybridized carbons (Fsp3) is 0.350. The van der Waals surface area contributed by atoms with Gasteiger partial charge in [-0.3, -0.25) is 4.99 Å². The molecule has 0 bridgehead atoms. The van der Waals surface area contributed by atoms with Crippen LogP contribution in [0.3, 0.4) is 0 Å². The highest BCUT2D eigenvalue weighted by Crippen LogP contribution is 2.20. The summed E-state index contributed by atoms with van der Waals surface area (Å²) in [4.78, 5) is 17.1. The fourth-order valence-corrected chi connectivity index (χ4v) is 2.68. The van der Waals surface area contributed by atoms with Gasteiger partial charge in [-0.2, -0.15) is 0 Å². The van der Waals surface area contributed by atoms with Crippen LogP contribution in [0.15, 0.2) is 56.4 Å². The molecule has 1 aliphatic carbocycles. The van der Waals surface area contributed by atoms with Crippen molar-refractivity contribution in [2.24, 2.45) is 10.9 Å².